The Kier molecular flexibility index (Phi) is 5.98. The van der Waals surface area contributed by atoms with Crippen LogP contribution in [0.25, 0.3) is 11.3 Å². The molecule has 3 rings (SSSR count). The van der Waals surface area contributed by atoms with E-state index in [0.717, 1.165) is 46.7 Å². The van der Waals surface area contributed by atoms with Gasteiger partial charge in [0.25, 0.3) is 5.91 Å². The third-order valence-corrected chi connectivity index (χ3v) is 4.56. The average Bonchev–Trinajstić information content (AvgIpc) is 3.03. The minimum atomic E-state index is -0.150. The zero-order chi connectivity index (χ0) is 19.2. The summed E-state index contributed by atoms with van der Waals surface area (Å²) < 4.78 is 5.15. The highest BCUT2D eigenvalue weighted by atomic mass is 16.5. The molecular weight excluding hydrogens is 342 g/mol. The first kappa shape index (κ1) is 18.8. The maximum Gasteiger partial charge on any atom is 0.252 e. The third kappa shape index (κ3) is 4.41. The number of nitrogens with zero attached hydrogens (tertiary/aromatic N) is 2. The van der Waals surface area contributed by atoms with E-state index in [1.54, 1.807) is 18.3 Å². The summed E-state index contributed by atoms with van der Waals surface area (Å²) in [6.45, 7) is 4.34. The number of rotatable bonds is 7. The molecule has 2 aromatic heterocycles. The van der Waals surface area contributed by atoms with Crippen LogP contribution in [0.5, 0.6) is 0 Å². The van der Waals surface area contributed by atoms with E-state index in [-0.39, 0.29) is 12.5 Å². The number of aryl methyl sites for hydroxylation is 2. The van der Waals surface area contributed by atoms with Gasteiger partial charge in [0.2, 0.25) is 0 Å². The fourth-order valence-corrected chi connectivity index (χ4v) is 3.02. The molecule has 0 aliphatic heterocycles. The Morgan fingerprint density at radius 1 is 1.19 bits per heavy atom. The number of aliphatic hydroxyl groups excluding tert-OH is 1. The van der Waals surface area contributed by atoms with Crippen LogP contribution >= 0.6 is 0 Å². The standard InChI is InChI=1S/C21H23N3O3/c1-14-18(15(2)27-24-14)8-5-11-22-21(26)16-9-10-20(23-12-16)19-7-4-3-6-17(19)13-25/h3-4,6-7,9-10,12,25H,5,8,11,13H2,1-2H3,(H,22,26). The molecule has 0 fully saturated rings. The van der Waals surface area contributed by atoms with Crippen LogP contribution in [-0.2, 0) is 13.0 Å². The van der Waals surface area contributed by atoms with Gasteiger partial charge in [0, 0.05) is 23.9 Å². The second-order valence-corrected chi connectivity index (χ2v) is 6.41. The Labute approximate surface area is 158 Å². The number of amides is 1. The molecule has 3 aromatic rings. The van der Waals surface area contributed by atoms with Crippen LogP contribution in [0.4, 0.5) is 0 Å². The molecule has 0 aliphatic carbocycles. The van der Waals surface area contributed by atoms with Gasteiger partial charge in [-0.25, -0.2) is 0 Å². The van der Waals surface area contributed by atoms with Crippen LogP contribution in [0, 0.1) is 13.8 Å². The normalized spacial score (nSPS) is 10.8. The van der Waals surface area contributed by atoms with E-state index in [4.69, 9.17) is 4.52 Å². The quantitative estimate of drug-likeness (QED) is 0.628. The number of benzene rings is 1. The van der Waals surface area contributed by atoms with Crippen molar-refractivity contribution in [1.29, 1.82) is 0 Å². The first-order valence-electron chi connectivity index (χ1n) is 8.95. The summed E-state index contributed by atoms with van der Waals surface area (Å²) in [5.74, 6) is 0.685. The molecule has 0 spiro atoms. The molecular formula is C21H23N3O3. The summed E-state index contributed by atoms with van der Waals surface area (Å²) in [7, 11) is 0. The van der Waals surface area contributed by atoms with Gasteiger partial charge in [0.15, 0.2) is 0 Å². The molecule has 6 heteroatoms. The lowest BCUT2D eigenvalue weighted by atomic mass is 10.0. The number of aromatic nitrogens is 2. The summed E-state index contributed by atoms with van der Waals surface area (Å²) in [6.07, 6.45) is 3.19. The number of hydrogen-bond donors (Lipinski definition) is 2. The monoisotopic (exact) mass is 365 g/mol. The van der Waals surface area contributed by atoms with Crippen LogP contribution < -0.4 is 5.32 Å². The number of aliphatic hydroxyl groups is 1. The molecule has 27 heavy (non-hydrogen) atoms. The first-order valence-corrected chi connectivity index (χ1v) is 8.95. The highest BCUT2D eigenvalue weighted by Crippen LogP contribution is 2.21. The van der Waals surface area contributed by atoms with Gasteiger partial charge in [-0.1, -0.05) is 29.4 Å². The lowest BCUT2D eigenvalue weighted by Crippen LogP contribution is -2.25. The van der Waals surface area contributed by atoms with Crippen LogP contribution in [0.2, 0.25) is 0 Å². The predicted molar refractivity (Wildman–Crippen MR) is 102 cm³/mol. The summed E-state index contributed by atoms with van der Waals surface area (Å²) >= 11 is 0. The molecule has 0 saturated heterocycles. The molecule has 2 heterocycles. The van der Waals surface area contributed by atoms with Gasteiger partial charge in [-0.2, -0.15) is 0 Å². The molecule has 1 aromatic carbocycles. The lowest BCUT2D eigenvalue weighted by molar-refractivity contribution is 0.0953. The molecule has 0 aliphatic rings. The van der Waals surface area contributed by atoms with E-state index in [1.807, 2.05) is 38.1 Å². The zero-order valence-corrected chi connectivity index (χ0v) is 15.5. The van der Waals surface area contributed by atoms with E-state index in [1.165, 1.54) is 0 Å². The van der Waals surface area contributed by atoms with Gasteiger partial charge in [0.1, 0.15) is 5.76 Å². The molecule has 6 nitrogen and oxygen atoms in total. The Morgan fingerprint density at radius 3 is 2.67 bits per heavy atom. The predicted octanol–water partition coefficient (Wildman–Crippen LogP) is 3.21. The SMILES string of the molecule is Cc1noc(C)c1CCCNC(=O)c1ccc(-c2ccccc2CO)nc1. The van der Waals surface area contributed by atoms with Gasteiger partial charge in [-0.15, -0.1) is 0 Å². The highest BCUT2D eigenvalue weighted by Gasteiger charge is 2.10. The molecule has 140 valence electrons. The summed E-state index contributed by atoms with van der Waals surface area (Å²) in [4.78, 5) is 16.7. The molecule has 0 unspecified atom stereocenters. The molecule has 0 saturated carbocycles. The van der Waals surface area contributed by atoms with Crippen molar-refractivity contribution in [3.8, 4) is 11.3 Å². The van der Waals surface area contributed by atoms with Crippen molar-refractivity contribution in [3.05, 3.63) is 70.7 Å². The second kappa shape index (κ2) is 8.60. The fraction of sp³-hybridized carbons (Fsp3) is 0.286. The Bertz CT molecular complexity index is 897. The van der Waals surface area contributed by atoms with Gasteiger partial charge >= 0.3 is 0 Å². The topological polar surface area (TPSA) is 88.2 Å². The van der Waals surface area contributed by atoms with Crippen molar-refractivity contribution < 1.29 is 14.4 Å². The molecule has 0 atom stereocenters. The minimum Gasteiger partial charge on any atom is -0.392 e. The number of nitrogens with one attached hydrogen (secondary N) is 1. The molecule has 1 amide bonds. The maximum absolute atomic E-state index is 12.3. The number of hydrogen-bond acceptors (Lipinski definition) is 5. The van der Waals surface area contributed by atoms with Crippen LogP contribution in [0.3, 0.4) is 0 Å². The number of pyridine rings is 1. The molecule has 0 bridgehead atoms. The molecule has 0 radical (unpaired) electrons. The van der Waals surface area contributed by atoms with Crippen LogP contribution in [-0.4, -0.2) is 27.7 Å². The molecule has 2 N–H and O–H groups in total. The smallest absolute Gasteiger partial charge is 0.252 e. The number of carbonyl (C=O) groups is 1. The summed E-state index contributed by atoms with van der Waals surface area (Å²) in [6, 6.07) is 11.1. The Balaban J connectivity index is 1.56. The van der Waals surface area contributed by atoms with Crippen molar-refractivity contribution >= 4 is 5.91 Å². The maximum atomic E-state index is 12.3. The first-order chi connectivity index (χ1) is 13.1. The average molecular weight is 365 g/mol. The van der Waals surface area contributed by atoms with Gasteiger partial charge in [-0.3, -0.25) is 9.78 Å². The highest BCUT2D eigenvalue weighted by molar-refractivity contribution is 5.94. The van der Waals surface area contributed by atoms with Crippen molar-refractivity contribution in [2.24, 2.45) is 0 Å². The van der Waals surface area contributed by atoms with Crippen molar-refractivity contribution in [3.63, 3.8) is 0 Å². The van der Waals surface area contributed by atoms with Crippen molar-refractivity contribution in [2.75, 3.05) is 6.54 Å². The van der Waals surface area contributed by atoms with Crippen LogP contribution in [0.1, 0.15) is 39.4 Å². The van der Waals surface area contributed by atoms with Crippen LogP contribution in [0.15, 0.2) is 47.1 Å². The zero-order valence-electron chi connectivity index (χ0n) is 15.5. The van der Waals surface area contributed by atoms with E-state index in [0.29, 0.717) is 12.1 Å². The van der Waals surface area contributed by atoms with E-state index in [9.17, 15) is 9.90 Å². The minimum absolute atomic E-state index is 0.0504. The van der Waals surface area contributed by atoms with E-state index >= 15 is 0 Å². The second-order valence-electron chi connectivity index (χ2n) is 6.41. The summed E-state index contributed by atoms with van der Waals surface area (Å²) in [5.41, 5.74) is 4.93. The fourth-order valence-electron chi connectivity index (χ4n) is 3.02. The van der Waals surface area contributed by atoms with Crippen molar-refractivity contribution in [1.82, 2.24) is 15.5 Å². The third-order valence-electron chi connectivity index (χ3n) is 4.56. The largest absolute Gasteiger partial charge is 0.392 e. The van der Waals surface area contributed by atoms with Gasteiger partial charge < -0.3 is 14.9 Å². The van der Waals surface area contributed by atoms with E-state index < -0.39 is 0 Å². The van der Waals surface area contributed by atoms with Gasteiger partial charge in [0.05, 0.1) is 23.6 Å². The Morgan fingerprint density at radius 2 is 2.00 bits per heavy atom. The summed E-state index contributed by atoms with van der Waals surface area (Å²) in [5, 5.41) is 16.3. The van der Waals surface area contributed by atoms with Gasteiger partial charge in [-0.05, 0) is 44.4 Å². The van der Waals surface area contributed by atoms with Crippen molar-refractivity contribution in [2.45, 2.75) is 33.3 Å². The lowest BCUT2D eigenvalue weighted by Gasteiger charge is -2.08. The van der Waals surface area contributed by atoms with E-state index in [2.05, 4.69) is 15.5 Å². The Hall–Kier alpha value is -2.99. The number of carbonyl (C=O) groups excluding carboxylic acids is 1.